The van der Waals surface area contributed by atoms with Gasteiger partial charge in [0.1, 0.15) is 0 Å². The van der Waals surface area contributed by atoms with E-state index in [1.54, 1.807) is 31.5 Å². The molecular formula is C14H12N4O. The van der Waals surface area contributed by atoms with Crippen LogP contribution in [0.1, 0.15) is 16.2 Å². The third kappa shape index (κ3) is 2.06. The summed E-state index contributed by atoms with van der Waals surface area (Å²) in [6, 6.07) is 13.1. The molecule has 0 radical (unpaired) electrons. The first-order valence-corrected chi connectivity index (χ1v) is 5.93. The molecule has 0 aliphatic rings. The fourth-order valence-corrected chi connectivity index (χ4v) is 1.85. The lowest BCUT2D eigenvalue weighted by Crippen LogP contribution is -2.12. The molecule has 3 aromatic rings. The van der Waals surface area contributed by atoms with Gasteiger partial charge < -0.3 is 0 Å². The molecule has 0 unspecified atom stereocenters. The third-order valence-corrected chi connectivity index (χ3v) is 2.81. The first kappa shape index (κ1) is 11.4. The van der Waals surface area contributed by atoms with Gasteiger partial charge in [0.2, 0.25) is 0 Å². The Morgan fingerprint density at radius 3 is 2.37 bits per heavy atom. The monoisotopic (exact) mass is 252 g/mol. The topological polar surface area (TPSA) is 52.7 Å². The Bertz CT molecular complexity index is 698. The minimum absolute atomic E-state index is 0.176. The van der Waals surface area contributed by atoms with Crippen LogP contribution in [0.3, 0.4) is 0 Å². The minimum Gasteiger partial charge on any atom is -0.289 e. The van der Waals surface area contributed by atoms with Gasteiger partial charge in [0.15, 0.2) is 5.69 Å². The minimum atomic E-state index is -0.176. The normalized spacial score (nSPS) is 10.6. The second kappa shape index (κ2) is 4.53. The van der Waals surface area contributed by atoms with Crippen molar-refractivity contribution in [2.45, 2.75) is 6.92 Å². The van der Waals surface area contributed by atoms with Crippen LogP contribution in [0.25, 0.3) is 5.69 Å². The van der Waals surface area contributed by atoms with E-state index in [9.17, 15) is 4.79 Å². The van der Waals surface area contributed by atoms with Crippen molar-refractivity contribution in [3.05, 3.63) is 66.2 Å². The summed E-state index contributed by atoms with van der Waals surface area (Å²) in [7, 11) is 0. The zero-order chi connectivity index (χ0) is 13.2. The van der Waals surface area contributed by atoms with E-state index in [2.05, 4.69) is 10.2 Å². The lowest BCUT2D eigenvalue weighted by Gasteiger charge is -1.98. The Morgan fingerprint density at radius 1 is 1.00 bits per heavy atom. The maximum absolute atomic E-state index is 12.2. The van der Waals surface area contributed by atoms with Gasteiger partial charge in [-0.15, -0.1) is 5.10 Å². The van der Waals surface area contributed by atoms with Crippen molar-refractivity contribution in [3.63, 3.8) is 0 Å². The smallest absolute Gasteiger partial charge is 0.284 e. The summed E-state index contributed by atoms with van der Waals surface area (Å²) in [4.78, 5) is 13.7. The predicted octanol–water partition coefficient (Wildman–Crippen LogP) is 2.07. The molecule has 0 spiro atoms. The van der Waals surface area contributed by atoms with Gasteiger partial charge in [0.05, 0.1) is 11.4 Å². The van der Waals surface area contributed by atoms with E-state index in [1.807, 2.05) is 30.3 Å². The zero-order valence-electron chi connectivity index (χ0n) is 10.4. The molecule has 19 heavy (non-hydrogen) atoms. The molecular weight excluding hydrogens is 240 g/mol. The van der Waals surface area contributed by atoms with Crippen molar-refractivity contribution >= 4 is 5.91 Å². The number of nitrogens with zero attached hydrogens (tertiary/aromatic N) is 4. The lowest BCUT2D eigenvalue weighted by atomic mass is 10.3. The molecule has 5 nitrogen and oxygen atoms in total. The van der Waals surface area contributed by atoms with Gasteiger partial charge in [-0.05, 0) is 31.2 Å². The molecule has 0 N–H and O–H groups in total. The molecule has 0 saturated heterocycles. The summed E-state index contributed by atoms with van der Waals surface area (Å²) in [6.45, 7) is 1.78. The highest BCUT2D eigenvalue weighted by Gasteiger charge is 2.17. The zero-order valence-corrected chi connectivity index (χ0v) is 10.4. The number of hydrogen-bond acceptors (Lipinski definition) is 3. The molecule has 2 heterocycles. The molecule has 0 atom stereocenters. The number of para-hydroxylation sites is 1. The molecule has 0 amide bonds. The first-order valence-electron chi connectivity index (χ1n) is 5.93. The molecule has 0 bridgehead atoms. The Labute approximate surface area is 110 Å². The first-order chi connectivity index (χ1) is 9.25. The van der Waals surface area contributed by atoms with Crippen LogP contribution in [0.4, 0.5) is 0 Å². The third-order valence-electron chi connectivity index (χ3n) is 2.81. The summed E-state index contributed by atoms with van der Waals surface area (Å²) < 4.78 is 1.49. The van der Waals surface area contributed by atoms with Gasteiger partial charge in [0, 0.05) is 12.4 Å². The van der Waals surface area contributed by atoms with Gasteiger partial charge in [-0.25, -0.2) is 0 Å². The molecule has 0 saturated carbocycles. The van der Waals surface area contributed by atoms with Crippen LogP contribution < -0.4 is 0 Å². The van der Waals surface area contributed by atoms with Gasteiger partial charge >= 0.3 is 0 Å². The van der Waals surface area contributed by atoms with E-state index < -0.39 is 0 Å². The van der Waals surface area contributed by atoms with Crippen LogP contribution in [0.2, 0.25) is 0 Å². The largest absolute Gasteiger partial charge is 0.289 e. The van der Waals surface area contributed by atoms with Crippen LogP contribution in [0, 0.1) is 6.92 Å². The van der Waals surface area contributed by atoms with E-state index in [0.717, 1.165) is 5.69 Å². The number of carbonyl (C=O) groups excluding carboxylic acids is 1. The Balaban J connectivity index is 2.01. The number of hydrogen-bond donors (Lipinski definition) is 0. The second-order valence-electron chi connectivity index (χ2n) is 4.15. The quantitative estimate of drug-likeness (QED) is 0.701. The van der Waals surface area contributed by atoms with Crippen LogP contribution in [-0.2, 0) is 0 Å². The number of rotatable bonds is 2. The summed E-state index contributed by atoms with van der Waals surface area (Å²) >= 11 is 0. The van der Waals surface area contributed by atoms with E-state index in [-0.39, 0.29) is 5.91 Å². The molecule has 0 aliphatic carbocycles. The van der Waals surface area contributed by atoms with Crippen molar-refractivity contribution in [1.29, 1.82) is 0 Å². The SMILES string of the molecule is Cc1nn(-c2ccccc2)nc1C(=O)n1cccc1. The lowest BCUT2D eigenvalue weighted by molar-refractivity contribution is 0.0954. The van der Waals surface area contributed by atoms with Crippen LogP contribution in [0.15, 0.2) is 54.9 Å². The van der Waals surface area contributed by atoms with Crippen LogP contribution in [-0.4, -0.2) is 25.5 Å². The standard InChI is InChI=1S/C14H12N4O/c1-11-13(14(19)17-9-5-6-10-17)16-18(15-11)12-7-3-2-4-8-12/h2-10H,1H3. The van der Waals surface area contributed by atoms with Crippen LogP contribution >= 0.6 is 0 Å². The highest BCUT2D eigenvalue weighted by atomic mass is 16.2. The molecule has 0 aliphatic heterocycles. The predicted molar refractivity (Wildman–Crippen MR) is 70.3 cm³/mol. The van der Waals surface area contributed by atoms with E-state index in [4.69, 9.17) is 0 Å². The highest BCUT2D eigenvalue weighted by Crippen LogP contribution is 2.09. The summed E-state index contributed by atoms with van der Waals surface area (Å²) in [5, 5.41) is 8.55. The number of aryl methyl sites for hydroxylation is 1. The number of aromatic nitrogens is 4. The summed E-state index contributed by atoms with van der Waals surface area (Å²) in [6.07, 6.45) is 3.40. The van der Waals surface area contributed by atoms with Gasteiger partial charge in [0.25, 0.3) is 5.91 Å². The highest BCUT2D eigenvalue weighted by molar-refractivity contribution is 5.94. The fourth-order valence-electron chi connectivity index (χ4n) is 1.85. The maximum Gasteiger partial charge on any atom is 0.284 e. The summed E-state index contributed by atoms with van der Waals surface area (Å²) in [5.41, 5.74) is 1.81. The van der Waals surface area contributed by atoms with Gasteiger partial charge in [-0.1, -0.05) is 18.2 Å². The number of benzene rings is 1. The van der Waals surface area contributed by atoms with E-state index in [0.29, 0.717) is 11.4 Å². The van der Waals surface area contributed by atoms with Crippen molar-refractivity contribution < 1.29 is 4.79 Å². The van der Waals surface area contributed by atoms with E-state index in [1.165, 1.54) is 9.36 Å². The Kier molecular flexibility index (Phi) is 2.72. The van der Waals surface area contributed by atoms with Crippen molar-refractivity contribution in [1.82, 2.24) is 19.6 Å². The van der Waals surface area contributed by atoms with Crippen molar-refractivity contribution in [2.75, 3.05) is 0 Å². The van der Waals surface area contributed by atoms with Crippen molar-refractivity contribution in [3.8, 4) is 5.69 Å². The Morgan fingerprint density at radius 2 is 1.68 bits per heavy atom. The summed E-state index contributed by atoms with van der Waals surface area (Å²) in [5.74, 6) is -0.176. The second-order valence-corrected chi connectivity index (χ2v) is 4.15. The average molecular weight is 252 g/mol. The molecule has 94 valence electrons. The van der Waals surface area contributed by atoms with Gasteiger partial charge in [-0.2, -0.15) is 9.90 Å². The molecule has 0 fully saturated rings. The van der Waals surface area contributed by atoms with E-state index >= 15 is 0 Å². The average Bonchev–Trinajstić information content (AvgIpc) is 3.08. The van der Waals surface area contributed by atoms with Gasteiger partial charge in [-0.3, -0.25) is 9.36 Å². The molecule has 3 rings (SSSR count). The maximum atomic E-state index is 12.2. The number of carbonyl (C=O) groups is 1. The van der Waals surface area contributed by atoms with Crippen molar-refractivity contribution in [2.24, 2.45) is 0 Å². The fraction of sp³-hybridized carbons (Fsp3) is 0.0714. The molecule has 2 aromatic heterocycles. The Hall–Kier alpha value is -2.69. The molecule has 5 heteroatoms. The molecule has 1 aromatic carbocycles. The van der Waals surface area contributed by atoms with Crippen LogP contribution in [0.5, 0.6) is 0 Å².